The van der Waals surface area contributed by atoms with Gasteiger partial charge in [-0.3, -0.25) is 9.59 Å². The first-order valence-electron chi connectivity index (χ1n) is 8.15. The van der Waals surface area contributed by atoms with Gasteiger partial charge in [0.25, 0.3) is 5.91 Å². The highest BCUT2D eigenvalue weighted by Gasteiger charge is 2.01. The first-order valence-corrected chi connectivity index (χ1v) is 8.15. The molecule has 0 saturated heterocycles. The molecular formula is C20H22N4O2. The molecular weight excluding hydrogens is 328 g/mol. The van der Waals surface area contributed by atoms with Gasteiger partial charge in [-0.05, 0) is 29.3 Å². The first-order chi connectivity index (χ1) is 12.5. The van der Waals surface area contributed by atoms with Crippen LogP contribution >= 0.6 is 0 Å². The maximum Gasteiger partial charge on any atom is 0.259 e. The van der Waals surface area contributed by atoms with E-state index in [1.165, 1.54) is 6.08 Å². The summed E-state index contributed by atoms with van der Waals surface area (Å²) in [5, 5.41) is 6.38. The summed E-state index contributed by atoms with van der Waals surface area (Å²) < 4.78 is 0. The van der Waals surface area contributed by atoms with Crippen molar-refractivity contribution in [3.63, 3.8) is 0 Å². The minimum atomic E-state index is -0.396. The van der Waals surface area contributed by atoms with Crippen LogP contribution in [0.15, 0.2) is 65.8 Å². The van der Waals surface area contributed by atoms with Crippen LogP contribution in [0.25, 0.3) is 6.08 Å². The molecule has 0 aliphatic rings. The van der Waals surface area contributed by atoms with Crippen LogP contribution in [0.3, 0.4) is 0 Å². The molecule has 0 unspecified atom stereocenters. The molecule has 0 saturated carbocycles. The van der Waals surface area contributed by atoms with Crippen molar-refractivity contribution in [2.24, 2.45) is 5.10 Å². The molecule has 0 bridgehead atoms. The normalized spacial score (nSPS) is 10.8. The largest absolute Gasteiger partial charge is 0.378 e. The SMILES string of the molecule is CN(C)c1ccc(C=NNC(=O)CNC(=O)/C=C/c2ccccc2)cc1. The van der Waals surface area contributed by atoms with E-state index in [0.717, 1.165) is 16.8 Å². The van der Waals surface area contributed by atoms with Crippen LogP contribution in [0, 0.1) is 0 Å². The number of benzene rings is 2. The Morgan fingerprint density at radius 3 is 2.35 bits per heavy atom. The Bertz CT molecular complexity index is 781. The predicted octanol–water partition coefficient (Wildman–Crippen LogP) is 2.03. The second-order valence-electron chi connectivity index (χ2n) is 5.74. The van der Waals surface area contributed by atoms with Gasteiger partial charge in [0.1, 0.15) is 0 Å². The summed E-state index contributed by atoms with van der Waals surface area (Å²) >= 11 is 0. The Balaban J connectivity index is 1.73. The van der Waals surface area contributed by atoms with E-state index in [1.54, 1.807) is 12.3 Å². The van der Waals surface area contributed by atoms with Gasteiger partial charge in [0.15, 0.2) is 0 Å². The number of rotatable bonds is 7. The van der Waals surface area contributed by atoms with Crippen LogP contribution in [0.2, 0.25) is 0 Å². The number of carbonyl (C=O) groups excluding carboxylic acids is 2. The molecule has 0 heterocycles. The summed E-state index contributed by atoms with van der Waals surface area (Å²) in [6.07, 6.45) is 4.62. The molecule has 0 fully saturated rings. The van der Waals surface area contributed by atoms with Crippen molar-refractivity contribution in [2.45, 2.75) is 0 Å². The van der Waals surface area contributed by atoms with Gasteiger partial charge in [0, 0.05) is 25.9 Å². The van der Waals surface area contributed by atoms with Gasteiger partial charge in [0.05, 0.1) is 12.8 Å². The Morgan fingerprint density at radius 2 is 1.69 bits per heavy atom. The fourth-order valence-corrected chi connectivity index (χ4v) is 2.04. The van der Waals surface area contributed by atoms with Gasteiger partial charge in [-0.1, -0.05) is 42.5 Å². The molecule has 2 aromatic rings. The number of carbonyl (C=O) groups is 2. The zero-order valence-electron chi connectivity index (χ0n) is 14.8. The van der Waals surface area contributed by atoms with Crippen molar-refractivity contribution in [2.75, 3.05) is 25.5 Å². The van der Waals surface area contributed by atoms with E-state index in [4.69, 9.17) is 0 Å². The number of anilines is 1. The van der Waals surface area contributed by atoms with Crippen molar-refractivity contribution in [1.29, 1.82) is 0 Å². The lowest BCUT2D eigenvalue weighted by Gasteiger charge is -2.11. The fraction of sp³-hybridized carbons (Fsp3) is 0.150. The third kappa shape index (κ3) is 6.60. The molecule has 2 aromatic carbocycles. The average molecular weight is 350 g/mol. The lowest BCUT2D eigenvalue weighted by atomic mass is 10.2. The van der Waals surface area contributed by atoms with Crippen molar-refractivity contribution >= 4 is 29.8 Å². The van der Waals surface area contributed by atoms with Gasteiger partial charge in [0.2, 0.25) is 5.91 Å². The molecule has 0 aliphatic heterocycles. The third-order valence-corrected chi connectivity index (χ3v) is 3.46. The maximum absolute atomic E-state index is 11.7. The average Bonchev–Trinajstić information content (AvgIpc) is 2.66. The summed E-state index contributed by atoms with van der Waals surface area (Å²) in [4.78, 5) is 25.4. The van der Waals surface area contributed by atoms with Crippen molar-refractivity contribution in [3.05, 3.63) is 71.8 Å². The topological polar surface area (TPSA) is 73.8 Å². The van der Waals surface area contributed by atoms with Crippen molar-refractivity contribution in [1.82, 2.24) is 10.7 Å². The van der Waals surface area contributed by atoms with Crippen LogP contribution in [0.4, 0.5) is 5.69 Å². The van der Waals surface area contributed by atoms with E-state index in [-0.39, 0.29) is 12.5 Å². The molecule has 6 heteroatoms. The highest BCUT2D eigenvalue weighted by Crippen LogP contribution is 2.10. The highest BCUT2D eigenvalue weighted by molar-refractivity contribution is 5.94. The number of nitrogens with zero attached hydrogens (tertiary/aromatic N) is 2. The lowest BCUT2D eigenvalue weighted by Crippen LogP contribution is -2.34. The summed E-state index contributed by atoms with van der Waals surface area (Å²) in [5.74, 6) is -0.736. The number of hydrogen-bond acceptors (Lipinski definition) is 4. The van der Waals surface area contributed by atoms with Gasteiger partial charge >= 0.3 is 0 Å². The second-order valence-corrected chi connectivity index (χ2v) is 5.74. The Labute approximate surface area is 153 Å². The summed E-state index contributed by atoms with van der Waals surface area (Å²) in [6, 6.07) is 17.2. The van der Waals surface area contributed by atoms with Gasteiger partial charge in [-0.15, -0.1) is 0 Å². The Hall–Kier alpha value is -3.41. The monoisotopic (exact) mass is 350 g/mol. The minimum Gasteiger partial charge on any atom is -0.378 e. The van der Waals surface area contributed by atoms with Gasteiger partial charge in [-0.25, -0.2) is 5.43 Å². The smallest absolute Gasteiger partial charge is 0.259 e. The number of hydrazone groups is 1. The molecule has 0 aliphatic carbocycles. The molecule has 2 rings (SSSR count). The van der Waals surface area contributed by atoms with Crippen LogP contribution in [-0.2, 0) is 9.59 Å². The minimum absolute atomic E-state index is 0.144. The summed E-state index contributed by atoms with van der Waals surface area (Å²) in [6.45, 7) is -0.144. The molecule has 2 amide bonds. The summed E-state index contributed by atoms with van der Waals surface area (Å²) in [5.41, 5.74) is 5.24. The maximum atomic E-state index is 11.7. The van der Waals surface area contributed by atoms with E-state index < -0.39 is 5.91 Å². The zero-order valence-corrected chi connectivity index (χ0v) is 14.8. The molecule has 26 heavy (non-hydrogen) atoms. The molecule has 0 aromatic heterocycles. The lowest BCUT2D eigenvalue weighted by molar-refractivity contribution is -0.123. The number of hydrogen-bond donors (Lipinski definition) is 2. The van der Waals surface area contributed by atoms with Gasteiger partial charge < -0.3 is 10.2 Å². The van der Waals surface area contributed by atoms with E-state index >= 15 is 0 Å². The van der Waals surface area contributed by atoms with E-state index in [1.807, 2.05) is 73.6 Å². The molecule has 0 radical (unpaired) electrons. The second kappa shape index (κ2) is 9.78. The Kier molecular flexibility index (Phi) is 7.12. The number of nitrogens with one attached hydrogen (secondary N) is 2. The van der Waals surface area contributed by atoms with Crippen molar-refractivity contribution < 1.29 is 9.59 Å². The van der Waals surface area contributed by atoms with Crippen LogP contribution < -0.4 is 15.6 Å². The van der Waals surface area contributed by atoms with Crippen LogP contribution in [-0.4, -0.2) is 38.7 Å². The van der Waals surface area contributed by atoms with E-state index in [2.05, 4.69) is 15.8 Å². The molecule has 0 atom stereocenters. The Morgan fingerprint density at radius 1 is 1.00 bits per heavy atom. The van der Waals surface area contributed by atoms with E-state index in [0.29, 0.717) is 0 Å². The fourth-order valence-electron chi connectivity index (χ4n) is 2.04. The molecule has 2 N–H and O–H groups in total. The number of amides is 2. The zero-order chi connectivity index (χ0) is 18.8. The molecule has 6 nitrogen and oxygen atoms in total. The first kappa shape index (κ1) is 18.9. The standard InChI is InChI=1S/C20H22N4O2/c1-24(2)18-11-8-17(9-12-18)14-22-23-20(26)15-21-19(25)13-10-16-6-4-3-5-7-16/h3-14H,15H2,1-2H3,(H,21,25)(H,23,26)/b13-10+,22-14?. The molecule has 0 spiro atoms. The van der Waals surface area contributed by atoms with Crippen LogP contribution in [0.1, 0.15) is 11.1 Å². The quantitative estimate of drug-likeness (QED) is 0.456. The van der Waals surface area contributed by atoms with Crippen molar-refractivity contribution in [3.8, 4) is 0 Å². The van der Waals surface area contributed by atoms with E-state index in [9.17, 15) is 9.59 Å². The third-order valence-electron chi connectivity index (χ3n) is 3.46. The highest BCUT2D eigenvalue weighted by atomic mass is 16.2. The molecule has 134 valence electrons. The van der Waals surface area contributed by atoms with Crippen LogP contribution in [0.5, 0.6) is 0 Å². The predicted molar refractivity (Wildman–Crippen MR) is 105 cm³/mol. The van der Waals surface area contributed by atoms with Gasteiger partial charge in [-0.2, -0.15) is 5.10 Å². The summed E-state index contributed by atoms with van der Waals surface area (Å²) in [7, 11) is 3.93.